The molecule has 0 aliphatic heterocycles. The molecule has 1 aliphatic carbocycles. The van der Waals surface area contributed by atoms with E-state index in [0.717, 1.165) is 29.5 Å². The summed E-state index contributed by atoms with van der Waals surface area (Å²) in [6.07, 6.45) is 2.46. The van der Waals surface area contributed by atoms with Crippen LogP contribution >= 0.6 is 0 Å². The molecular formula is C35H36FN3O4S. The zero-order valence-electron chi connectivity index (χ0n) is 24.4. The maximum Gasteiger partial charge on any atom is 0.243 e. The molecule has 5 rings (SSSR count). The van der Waals surface area contributed by atoms with Crippen LogP contribution in [0.15, 0.2) is 114 Å². The van der Waals surface area contributed by atoms with E-state index in [1.165, 1.54) is 12.1 Å². The van der Waals surface area contributed by atoms with E-state index in [1.807, 2.05) is 60.7 Å². The smallest absolute Gasteiger partial charge is 0.243 e. The molecule has 228 valence electrons. The Kier molecular flexibility index (Phi) is 10.2. The van der Waals surface area contributed by atoms with Gasteiger partial charge in [0, 0.05) is 32.0 Å². The third-order valence-electron chi connectivity index (χ3n) is 7.61. The van der Waals surface area contributed by atoms with Gasteiger partial charge in [-0.1, -0.05) is 84.9 Å². The summed E-state index contributed by atoms with van der Waals surface area (Å²) in [5, 5.41) is 3.01. The van der Waals surface area contributed by atoms with E-state index in [1.54, 1.807) is 41.3 Å². The van der Waals surface area contributed by atoms with E-state index in [4.69, 9.17) is 0 Å². The van der Waals surface area contributed by atoms with Crippen LogP contribution in [0.2, 0.25) is 0 Å². The highest BCUT2D eigenvalue weighted by atomic mass is 32.2. The van der Waals surface area contributed by atoms with Gasteiger partial charge in [-0.3, -0.25) is 9.59 Å². The van der Waals surface area contributed by atoms with Gasteiger partial charge < -0.3 is 10.2 Å². The zero-order chi connectivity index (χ0) is 30.9. The normalized spacial score (nSPS) is 13.7. The van der Waals surface area contributed by atoms with Crippen molar-refractivity contribution < 1.29 is 22.4 Å². The van der Waals surface area contributed by atoms with Crippen molar-refractivity contribution in [2.24, 2.45) is 0 Å². The molecule has 4 aromatic carbocycles. The Morgan fingerprint density at radius 2 is 1.36 bits per heavy atom. The number of hydrogen-bond donors (Lipinski definition) is 2. The lowest BCUT2D eigenvalue weighted by Gasteiger charge is -2.32. The van der Waals surface area contributed by atoms with Gasteiger partial charge in [0.05, 0.1) is 4.90 Å². The second-order valence-electron chi connectivity index (χ2n) is 11.1. The van der Waals surface area contributed by atoms with Crippen molar-refractivity contribution in [2.45, 2.75) is 62.2 Å². The second kappa shape index (κ2) is 14.4. The quantitative estimate of drug-likeness (QED) is 0.206. The number of carbonyl (C=O) groups excluding carboxylic acids is 2. The van der Waals surface area contributed by atoms with Crippen LogP contribution < -0.4 is 10.0 Å². The maximum atomic E-state index is 13.9. The lowest BCUT2D eigenvalue weighted by molar-refractivity contribution is -0.141. The Labute approximate surface area is 258 Å². The molecule has 9 heteroatoms. The molecule has 1 saturated carbocycles. The summed E-state index contributed by atoms with van der Waals surface area (Å²) in [4.78, 5) is 29.4. The number of carbonyl (C=O) groups is 2. The first kappa shape index (κ1) is 31.1. The van der Waals surface area contributed by atoms with E-state index < -0.39 is 16.1 Å². The number of sulfonamides is 1. The van der Waals surface area contributed by atoms with Crippen LogP contribution in [0, 0.1) is 5.82 Å². The summed E-state index contributed by atoms with van der Waals surface area (Å²) in [6, 6.07) is 30.7. The number of rotatable bonds is 14. The molecule has 1 aliphatic rings. The fraction of sp³-hybridized carbons (Fsp3) is 0.257. The van der Waals surface area contributed by atoms with E-state index in [-0.39, 0.29) is 41.5 Å². The Balaban J connectivity index is 1.36. The van der Waals surface area contributed by atoms with Gasteiger partial charge in [0.25, 0.3) is 0 Å². The molecule has 0 bridgehead atoms. The minimum atomic E-state index is -3.57. The molecule has 1 unspecified atom stereocenters. The molecular weight excluding hydrogens is 577 g/mol. The molecule has 2 N–H and O–H groups in total. The van der Waals surface area contributed by atoms with Crippen LogP contribution in [0.25, 0.3) is 0 Å². The van der Waals surface area contributed by atoms with Crippen LogP contribution in [-0.2, 0) is 45.5 Å². The average molecular weight is 614 g/mol. The Hall–Kier alpha value is -4.34. The van der Waals surface area contributed by atoms with Crippen LogP contribution in [0.4, 0.5) is 4.39 Å². The number of hydrogen-bond acceptors (Lipinski definition) is 4. The average Bonchev–Trinajstić information content (AvgIpc) is 3.86. The van der Waals surface area contributed by atoms with Crippen molar-refractivity contribution in [2.75, 3.05) is 0 Å². The topological polar surface area (TPSA) is 95.6 Å². The van der Waals surface area contributed by atoms with Crippen LogP contribution in [-0.4, -0.2) is 37.2 Å². The van der Waals surface area contributed by atoms with E-state index in [9.17, 15) is 22.4 Å². The molecule has 4 aromatic rings. The molecule has 0 saturated heterocycles. The van der Waals surface area contributed by atoms with Gasteiger partial charge in [-0.25, -0.2) is 17.5 Å². The minimum Gasteiger partial charge on any atom is -0.350 e. The lowest BCUT2D eigenvalue weighted by atomic mass is 10.0. The van der Waals surface area contributed by atoms with Gasteiger partial charge in [-0.2, -0.15) is 0 Å². The van der Waals surface area contributed by atoms with Crippen LogP contribution in [0.1, 0.15) is 41.5 Å². The molecule has 1 atom stereocenters. The van der Waals surface area contributed by atoms with Gasteiger partial charge in [-0.05, 0) is 65.8 Å². The summed E-state index contributed by atoms with van der Waals surface area (Å²) in [5.41, 5.74) is 3.35. The summed E-state index contributed by atoms with van der Waals surface area (Å²) in [6.45, 7) is 0.438. The summed E-state index contributed by atoms with van der Waals surface area (Å²) >= 11 is 0. The Morgan fingerprint density at radius 1 is 0.773 bits per heavy atom. The van der Waals surface area contributed by atoms with Crippen LogP contribution in [0.3, 0.4) is 0 Å². The minimum absolute atomic E-state index is 0.0121. The van der Waals surface area contributed by atoms with Crippen molar-refractivity contribution in [3.63, 3.8) is 0 Å². The Morgan fingerprint density at radius 3 is 1.98 bits per heavy atom. The largest absolute Gasteiger partial charge is 0.350 e. The first-order valence-electron chi connectivity index (χ1n) is 14.8. The van der Waals surface area contributed by atoms with Gasteiger partial charge in [0.2, 0.25) is 21.8 Å². The van der Waals surface area contributed by atoms with E-state index >= 15 is 0 Å². The molecule has 7 nitrogen and oxygen atoms in total. The number of amides is 2. The molecule has 0 radical (unpaired) electrons. The highest BCUT2D eigenvalue weighted by Crippen LogP contribution is 2.23. The fourth-order valence-corrected chi connectivity index (χ4v) is 6.27. The van der Waals surface area contributed by atoms with Crippen molar-refractivity contribution in [3.8, 4) is 0 Å². The molecule has 0 aromatic heterocycles. The fourth-order valence-electron chi connectivity index (χ4n) is 4.96. The third-order valence-corrected chi connectivity index (χ3v) is 9.14. The molecule has 0 spiro atoms. The molecule has 1 fully saturated rings. The van der Waals surface area contributed by atoms with Gasteiger partial charge >= 0.3 is 0 Å². The van der Waals surface area contributed by atoms with Gasteiger partial charge in [0.15, 0.2) is 0 Å². The lowest BCUT2D eigenvalue weighted by Crippen LogP contribution is -2.50. The van der Waals surface area contributed by atoms with Crippen molar-refractivity contribution in [3.05, 3.63) is 137 Å². The standard InChI is InChI=1S/C35H36FN3O4S/c36-30-16-11-29(12-17-30)25-39(34(40)22-15-26-13-20-32(21-14-26)44(42,43)38-31-18-19-31)33(23-27-7-3-1-4-8-27)35(41)37-24-28-9-5-2-6-10-28/h1-14,16-17,20-21,31,33,38H,15,18-19,22-25H2,(H,37,41). The SMILES string of the molecule is O=C(NCc1ccccc1)C(Cc1ccccc1)N(Cc1ccc(F)cc1)C(=O)CCc1ccc(S(=O)(=O)NC2CC2)cc1. The van der Waals surface area contributed by atoms with Crippen molar-refractivity contribution in [1.82, 2.24) is 14.9 Å². The highest BCUT2D eigenvalue weighted by Gasteiger charge is 2.31. The van der Waals surface area contributed by atoms with Crippen LogP contribution in [0.5, 0.6) is 0 Å². The zero-order valence-corrected chi connectivity index (χ0v) is 25.2. The number of nitrogens with zero attached hydrogens (tertiary/aromatic N) is 1. The maximum absolute atomic E-state index is 13.9. The van der Waals surface area contributed by atoms with Gasteiger partial charge in [0.1, 0.15) is 11.9 Å². The predicted octanol–water partition coefficient (Wildman–Crippen LogP) is 5.16. The first-order chi connectivity index (χ1) is 21.3. The summed E-state index contributed by atoms with van der Waals surface area (Å²) in [7, 11) is -3.57. The number of benzene rings is 4. The first-order valence-corrected chi connectivity index (χ1v) is 16.3. The van der Waals surface area contributed by atoms with E-state index in [2.05, 4.69) is 10.0 Å². The van der Waals surface area contributed by atoms with Crippen molar-refractivity contribution in [1.29, 1.82) is 0 Å². The van der Waals surface area contributed by atoms with Gasteiger partial charge in [-0.15, -0.1) is 0 Å². The highest BCUT2D eigenvalue weighted by molar-refractivity contribution is 7.89. The van der Waals surface area contributed by atoms with Crippen molar-refractivity contribution >= 4 is 21.8 Å². The predicted molar refractivity (Wildman–Crippen MR) is 167 cm³/mol. The van der Waals surface area contributed by atoms with E-state index in [0.29, 0.717) is 24.9 Å². The molecule has 2 amide bonds. The molecule has 44 heavy (non-hydrogen) atoms. The Bertz CT molecular complexity index is 1640. The summed E-state index contributed by atoms with van der Waals surface area (Å²) in [5.74, 6) is -0.908. The monoisotopic (exact) mass is 613 g/mol. The number of aryl methyl sites for hydroxylation is 1. The number of nitrogens with one attached hydrogen (secondary N) is 2. The number of halogens is 1. The molecule has 0 heterocycles. The second-order valence-corrected chi connectivity index (χ2v) is 12.8. The third kappa shape index (κ3) is 8.84. The summed E-state index contributed by atoms with van der Waals surface area (Å²) < 4.78 is 41.5.